The highest BCUT2D eigenvalue weighted by Gasteiger charge is 2.25. The Morgan fingerprint density at radius 3 is 2.67 bits per heavy atom. The van der Waals surface area contributed by atoms with Gasteiger partial charge in [0.2, 0.25) is 0 Å². The lowest BCUT2D eigenvalue weighted by Gasteiger charge is -2.38. The summed E-state index contributed by atoms with van der Waals surface area (Å²) >= 11 is 0. The first-order chi connectivity index (χ1) is 4.24. The van der Waals surface area contributed by atoms with Crippen molar-refractivity contribution in [3.63, 3.8) is 0 Å². The fraction of sp³-hybridized carbons (Fsp3) is 0.833. The Kier molecular flexibility index (Phi) is 1.60. The summed E-state index contributed by atoms with van der Waals surface area (Å²) in [6.45, 7) is 4.15. The van der Waals surface area contributed by atoms with Crippen LogP contribution in [-0.2, 0) is 0 Å². The predicted octanol–water partition coefficient (Wildman–Crippen LogP) is 0.222. The van der Waals surface area contributed by atoms with E-state index in [9.17, 15) is 0 Å². The summed E-state index contributed by atoms with van der Waals surface area (Å²) in [5, 5.41) is 7.02. The lowest BCUT2D eigenvalue weighted by atomic mass is 9.98. The van der Waals surface area contributed by atoms with Gasteiger partial charge in [0.15, 0.2) is 5.96 Å². The molecule has 0 radical (unpaired) electrons. The summed E-state index contributed by atoms with van der Waals surface area (Å²) in [4.78, 5) is 1.88. The third kappa shape index (κ3) is 1.15. The maximum atomic E-state index is 7.02. The van der Waals surface area contributed by atoms with Gasteiger partial charge in [0.25, 0.3) is 0 Å². The molecule has 1 heterocycles. The number of rotatable bonds is 1. The van der Waals surface area contributed by atoms with E-state index in [1.54, 1.807) is 0 Å². The highest BCUT2D eigenvalue weighted by Crippen LogP contribution is 2.16. The molecule has 1 rings (SSSR count). The molecule has 9 heavy (non-hydrogen) atoms. The fourth-order valence-electron chi connectivity index (χ4n) is 1.02. The van der Waals surface area contributed by atoms with Crippen LogP contribution in [0.4, 0.5) is 0 Å². The molecular weight excluding hydrogens is 114 g/mol. The maximum absolute atomic E-state index is 7.02. The van der Waals surface area contributed by atoms with E-state index in [0.717, 1.165) is 19.0 Å². The lowest BCUT2D eigenvalue weighted by molar-refractivity contribution is 0.180. The second-order valence-corrected chi connectivity index (χ2v) is 2.56. The van der Waals surface area contributed by atoms with E-state index < -0.39 is 0 Å². The Bertz CT molecular complexity index is 115. The largest absolute Gasteiger partial charge is 0.370 e. The SMILES string of the molecule is CCC1CN(C(=N)N)C1. The Labute approximate surface area is 55.3 Å². The molecule has 1 fully saturated rings. The number of nitrogens with zero attached hydrogens (tertiary/aromatic N) is 1. The third-order valence-corrected chi connectivity index (χ3v) is 1.88. The van der Waals surface area contributed by atoms with Gasteiger partial charge in [-0.3, -0.25) is 5.41 Å². The number of likely N-dealkylation sites (tertiary alicyclic amines) is 1. The van der Waals surface area contributed by atoms with Crippen molar-refractivity contribution in [2.75, 3.05) is 13.1 Å². The van der Waals surface area contributed by atoms with E-state index in [2.05, 4.69) is 6.92 Å². The van der Waals surface area contributed by atoms with Crippen LogP contribution in [0.3, 0.4) is 0 Å². The minimum atomic E-state index is 0.222. The fourth-order valence-corrected chi connectivity index (χ4v) is 1.02. The van der Waals surface area contributed by atoms with Gasteiger partial charge < -0.3 is 10.6 Å². The van der Waals surface area contributed by atoms with Crippen LogP contribution in [0.15, 0.2) is 0 Å². The van der Waals surface area contributed by atoms with Crippen LogP contribution in [0.5, 0.6) is 0 Å². The summed E-state index contributed by atoms with van der Waals surface area (Å²) in [5.74, 6) is 1.01. The zero-order valence-corrected chi connectivity index (χ0v) is 5.72. The lowest BCUT2D eigenvalue weighted by Crippen LogP contribution is -2.52. The van der Waals surface area contributed by atoms with Crippen LogP contribution < -0.4 is 5.73 Å². The number of guanidine groups is 1. The molecule has 0 atom stereocenters. The predicted molar refractivity (Wildman–Crippen MR) is 37.3 cm³/mol. The molecular formula is C6H13N3. The van der Waals surface area contributed by atoms with Gasteiger partial charge in [0, 0.05) is 13.1 Å². The molecule has 3 N–H and O–H groups in total. The van der Waals surface area contributed by atoms with Crippen LogP contribution in [0.1, 0.15) is 13.3 Å². The van der Waals surface area contributed by atoms with Crippen LogP contribution in [0.2, 0.25) is 0 Å². The van der Waals surface area contributed by atoms with Gasteiger partial charge in [-0.15, -0.1) is 0 Å². The molecule has 1 aliphatic rings. The third-order valence-electron chi connectivity index (χ3n) is 1.88. The first-order valence-corrected chi connectivity index (χ1v) is 3.33. The molecule has 0 aromatic carbocycles. The molecule has 1 aliphatic heterocycles. The van der Waals surface area contributed by atoms with E-state index >= 15 is 0 Å². The first-order valence-electron chi connectivity index (χ1n) is 3.33. The molecule has 0 unspecified atom stereocenters. The van der Waals surface area contributed by atoms with Crippen molar-refractivity contribution in [2.45, 2.75) is 13.3 Å². The number of hydrogen-bond donors (Lipinski definition) is 2. The average Bonchev–Trinajstić information content (AvgIpc) is 1.61. The van der Waals surface area contributed by atoms with E-state index in [-0.39, 0.29) is 5.96 Å². The van der Waals surface area contributed by atoms with Crippen LogP contribution >= 0.6 is 0 Å². The van der Waals surface area contributed by atoms with Crippen molar-refractivity contribution >= 4 is 5.96 Å². The Hall–Kier alpha value is -0.730. The van der Waals surface area contributed by atoms with Gasteiger partial charge in [0.05, 0.1) is 0 Å². The van der Waals surface area contributed by atoms with E-state index in [0.29, 0.717) is 0 Å². The van der Waals surface area contributed by atoms with E-state index in [4.69, 9.17) is 11.1 Å². The average molecular weight is 127 g/mol. The van der Waals surface area contributed by atoms with Gasteiger partial charge >= 0.3 is 0 Å². The van der Waals surface area contributed by atoms with E-state index in [1.807, 2.05) is 4.90 Å². The quantitative estimate of drug-likeness (QED) is 0.391. The number of hydrogen-bond acceptors (Lipinski definition) is 1. The molecule has 0 spiro atoms. The Morgan fingerprint density at radius 2 is 2.33 bits per heavy atom. The summed E-state index contributed by atoms with van der Waals surface area (Å²) in [5.41, 5.74) is 5.22. The highest BCUT2D eigenvalue weighted by molar-refractivity contribution is 5.75. The van der Waals surface area contributed by atoms with Crippen LogP contribution in [-0.4, -0.2) is 23.9 Å². The topological polar surface area (TPSA) is 53.1 Å². The molecule has 0 aromatic rings. The Balaban J connectivity index is 2.19. The first kappa shape index (κ1) is 6.39. The monoisotopic (exact) mass is 127 g/mol. The van der Waals surface area contributed by atoms with Crippen molar-refractivity contribution in [2.24, 2.45) is 11.7 Å². The normalized spacial score (nSPS) is 19.4. The smallest absolute Gasteiger partial charge is 0.188 e. The van der Waals surface area contributed by atoms with E-state index in [1.165, 1.54) is 6.42 Å². The van der Waals surface area contributed by atoms with Gasteiger partial charge in [-0.25, -0.2) is 0 Å². The Morgan fingerprint density at radius 1 is 1.78 bits per heavy atom. The summed E-state index contributed by atoms with van der Waals surface area (Å²) in [6.07, 6.45) is 1.21. The van der Waals surface area contributed by atoms with Crippen molar-refractivity contribution in [3.05, 3.63) is 0 Å². The molecule has 3 nitrogen and oxygen atoms in total. The zero-order chi connectivity index (χ0) is 6.85. The second-order valence-electron chi connectivity index (χ2n) is 2.56. The van der Waals surface area contributed by atoms with Crippen molar-refractivity contribution in [1.29, 1.82) is 5.41 Å². The molecule has 0 aliphatic carbocycles. The summed E-state index contributed by atoms with van der Waals surface area (Å²) in [7, 11) is 0. The minimum Gasteiger partial charge on any atom is -0.370 e. The molecule has 1 saturated heterocycles. The molecule has 0 bridgehead atoms. The van der Waals surface area contributed by atoms with Gasteiger partial charge in [-0.05, 0) is 12.3 Å². The summed E-state index contributed by atoms with van der Waals surface area (Å²) in [6, 6.07) is 0. The molecule has 0 saturated carbocycles. The van der Waals surface area contributed by atoms with Crippen LogP contribution in [0.25, 0.3) is 0 Å². The molecule has 0 amide bonds. The summed E-state index contributed by atoms with van der Waals surface area (Å²) < 4.78 is 0. The maximum Gasteiger partial charge on any atom is 0.188 e. The standard InChI is InChI=1S/C6H13N3/c1-2-5-3-9(4-5)6(7)8/h5H,2-4H2,1H3,(H3,7,8). The van der Waals surface area contributed by atoms with Gasteiger partial charge in [-0.1, -0.05) is 6.92 Å². The van der Waals surface area contributed by atoms with Crippen molar-refractivity contribution < 1.29 is 0 Å². The highest BCUT2D eigenvalue weighted by atomic mass is 15.3. The molecule has 3 heteroatoms. The second kappa shape index (κ2) is 2.25. The zero-order valence-electron chi connectivity index (χ0n) is 5.72. The van der Waals surface area contributed by atoms with Crippen LogP contribution in [0, 0.1) is 11.3 Å². The number of nitrogens with two attached hydrogens (primary N) is 1. The van der Waals surface area contributed by atoms with Crippen molar-refractivity contribution in [3.8, 4) is 0 Å². The minimum absolute atomic E-state index is 0.222. The van der Waals surface area contributed by atoms with Gasteiger partial charge in [-0.2, -0.15) is 0 Å². The molecule has 52 valence electrons. The number of nitrogens with one attached hydrogen (secondary N) is 1. The van der Waals surface area contributed by atoms with Gasteiger partial charge in [0.1, 0.15) is 0 Å². The molecule has 0 aromatic heterocycles. The van der Waals surface area contributed by atoms with Crippen molar-refractivity contribution in [1.82, 2.24) is 4.90 Å².